The van der Waals surface area contributed by atoms with Gasteiger partial charge in [0.25, 0.3) is 0 Å². The molecule has 1 aromatic heterocycles. The number of aromatic nitrogens is 2. The molecule has 3 aromatic rings. The molecule has 1 amide bonds. The summed E-state index contributed by atoms with van der Waals surface area (Å²) in [4.78, 5) is 21.8. The highest BCUT2D eigenvalue weighted by Gasteiger charge is 2.26. The molecule has 0 atom stereocenters. The second-order valence-corrected chi connectivity index (χ2v) is 9.50. The summed E-state index contributed by atoms with van der Waals surface area (Å²) in [5.41, 5.74) is 3.13. The third kappa shape index (κ3) is 6.06. The largest absolute Gasteiger partial charge is 0.372 e. The van der Waals surface area contributed by atoms with Crippen LogP contribution in [0.4, 0.5) is 10.1 Å². The lowest BCUT2D eigenvalue weighted by molar-refractivity contribution is -0.126. The molecule has 2 aliphatic rings. The average Bonchev–Trinajstić information content (AvgIpc) is 3.37. The molecule has 2 fully saturated rings. The van der Waals surface area contributed by atoms with Crippen LogP contribution in [0.3, 0.4) is 0 Å². The van der Waals surface area contributed by atoms with Crippen molar-refractivity contribution in [1.29, 1.82) is 0 Å². The fraction of sp³-hybridized carbons (Fsp3) is 0.444. The first-order chi connectivity index (χ1) is 17.1. The molecule has 0 aliphatic carbocycles. The molecule has 0 bridgehead atoms. The molecule has 0 radical (unpaired) electrons. The third-order valence-electron chi connectivity index (χ3n) is 7.01. The van der Waals surface area contributed by atoms with E-state index in [0.29, 0.717) is 24.8 Å². The molecule has 1 N–H and O–H groups in total. The first-order valence-corrected chi connectivity index (χ1v) is 12.6. The van der Waals surface area contributed by atoms with Crippen molar-refractivity contribution >= 4 is 11.6 Å². The van der Waals surface area contributed by atoms with Crippen LogP contribution in [-0.4, -0.2) is 47.1 Å². The number of hydrogen-bond donors (Lipinski definition) is 1. The highest BCUT2D eigenvalue weighted by molar-refractivity contribution is 5.78. The first-order valence-electron chi connectivity index (χ1n) is 12.6. The predicted octanol–water partition coefficient (Wildman–Crippen LogP) is 4.39. The Labute approximate surface area is 205 Å². The second-order valence-electron chi connectivity index (χ2n) is 9.50. The molecule has 7 nitrogen and oxygen atoms in total. The summed E-state index contributed by atoms with van der Waals surface area (Å²) >= 11 is 0. The van der Waals surface area contributed by atoms with Gasteiger partial charge in [0.1, 0.15) is 5.82 Å². The lowest BCUT2D eigenvalue weighted by atomic mass is 9.96. The summed E-state index contributed by atoms with van der Waals surface area (Å²) in [6.07, 6.45) is 5.47. The molecular formula is C27H32FN5O2. The number of anilines is 1. The van der Waals surface area contributed by atoms with Gasteiger partial charge in [-0.2, -0.15) is 4.98 Å². The Bertz CT molecular complexity index is 1100. The predicted molar refractivity (Wildman–Crippen MR) is 132 cm³/mol. The number of likely N-dealkylation sites (tertiary alicyclic amines) is 1. The third-order valence-corrected chi connectivity index (χ3v) is 7.01. The SMILES string of the molecule is O=C(NCc1ccc(N2CCCCC2)cc1)C1CCN(Cc2nc(-c3ccc(F)cc3)no2)CC1. The average molecular weight is 478 g/mol. The zero-order valence-corrected chi connectivity index (χ0v) is 20.0. The van der Waals surface area contributed by atoms with Crippen LogP contribution in [0.25, 0.3) is 11.4 Å². The fourth-order valence-electron chi connectivity index (χ4n) is 4.89. The zero-order chi connectivity index (χ0) is 24.0. The van der Waals surface area contributed by atoms with Gasteiger partial charge in [0.15, 0.2) is 0 Å². The zero-order valence-electron chi connectivity index (χ0n) is 20.0. The van der Waals surface area contributed by atoms with Gasteiger partial charge >= 0.3 is 0 Å². The van der Waals surface area contributed by atoms with Crippen molar-refractivity contribution < 1.29 is 13.7 Å². The van der Waals surface area contributed by atoms with Crippen molar-refractivity contribution in [2.45, 2.75) is 45.2 Å². The van der Waals surface area contributed by atoms with Gasteiger partial charge in [0.2, 0.25) is 17.6 Å². The maximum Gasteiger partial charge on any atom is 0.241 e. The molecule has 2 aliphatic heterocycles. The molecule has 184 valence electrons. The van der Waals surface area contributed by atoms with E-state index in [1.807, 2.05) is 0 Å². The lowest BCUT2D eigenvalue weighted by Gasteiger charge is -2.30. The topological polar surface area (TPSA) is 74.5 Å². The van der Waals surface area contributed by atoms with Crippen molar-refractivity contribution in [3.05, 3.63) is 65.8 Å². The van der Waals surface area contributed by atoms with Gasteiger partial charge in [0, 0.05) is 36.8 Å². The van der Waals surface area contributed by atoms with E-state index in [2.05, 4.69) is 49.5 Å². The van der Waals surface area contributed by atoms with Crippen LogP contribution < -0.4 is 10.2 Å². The molecule has 0 saturated carbocycles. The minimum Gasteiger partial charge on any atom is -0.372 e. The van der Waals surface area contributed by atoms with Gasteiger partial charge in [-0.1, -0.05) is 17.3 Å². The van der Waals surface area contributed by atoms with E-state index in [0.717, 1.165) is 50.1 Å². The molecule has 8 heteroatoms. The van der Waals surface area contributed by atoms with E-state index >= 15 is 0 Å². The van der Waals surface area contributed by atoms with Crippen LogP contribution in [-0.2, 0) is 17.9 Å². The second kappa shape index (κ2) is 11.0. The van der Waals surface area contributed by atoms with Crippen LogP contribution in [0.2, 0.25) is 0 Å². The minimum atomic E-state index is -0.296. The summed E-state index contributed by atoms with van der Waals surface area (Å²) < 4.78 is 18.5. The number of nitrogens with zero attached hydrogens (tertiary/aromatic N) is 4. The van der Waals surface area contributed by atoms with Crippen molar-refractivity contribution in [3.8, 4) is 11.4 Å². The van der Waals surface area contributed by atoms with Crippen molar-refractivity contribution in [2.75, 3.05) is 31.1 Å². The lowest BCUT2D eigenvalue weighted by Crippen LogP contribution is -2.40. The van der Waals surface area contributed by atoms with Gasteiger partial charge in [-0.25, -0.2) is 4.39 Å². The molecule has 5 rings (SSSR count). The van der Waals surface area contributed by atoms with Crippen LogP contribution >= 0.6 is 0 Å². The normalized spacial score (nSPS) is 17.5. The van der Waals surface area contributed by atoms with E-state index in [-0.39, 0.29) is 17.6 Å². The number of carbonyl (C=O) groups excluding carboxylic acids is 1. The van der Waals surface area contributed by atoms with E-state index in [9.17, 15) is 9.18 Å². The summed E-state index contributed by atoms with van der Waals surface area (Å²) in [6.45, 7) is 4.99. The summed E-state index contributed by atoms with van der Waals surface area (Å²) in [6, 6.07) is 14.6. The van der Waals surface area contributed by atoms with Gasteiger partial charge < -0.3 is 14.7 Å². The number of nitrogens with one attached hydrogen (secondary N) is 1. The van der Waals surface area contributed by atoms with E-state index in [1.54, 1.807) is 12.1 Å². The van der Waals surface area contributed by atoms with Crippen molar-refractivity contribution in [2.24, 2.45) is 5.92 Å². The summed E-state index contributed by atoms with van der Waals surface area (Å²) in [5, 5.41) is 7.13. The number of piperidine rings is 2. The number of benzene rings is 2. The first kappa shape index (κ1) is 23.5. The van der Waals surface area contributed by atoms with Gasteiger partial charge in [0.05, 0.1) is 6.54 Å². The smallest absolute Gasteiger partial charge is 0.241 e. The number of halogens is 1. The minimum absolute atomic E-state index is 0.0244. The Morgan fingerprint density at radius 3 is 2.40 bits per heavy atom. The maximum atomic E-state index is 13.1. The van der Waals surface area contributed by atoms with Gasteiger partial charge in [-0.3, -0.25) is 9.69 Å². The van der Waals surface area contributed by atoms with Crippen LogP contribution in [0.5, 0.6) is 0 Å². The molecular weight excluding hydrogens is 445 g/mol. The molecule has 3 heterocycles. The number of rotatable bonds is 7. The highest BCUT2D eigenvalue weighted by Crippen LogP contribution is 2.22. The van der Waals surface area contributed by atoms with E-state index in [1.165, 1.54) is 37.1 Å². The van der Waals surface area contributed by atoms with Crippen LogP contribution in [0, 0.1) is 11.7 Å². The Morgan fingerprint density at radius 2 is 1.69 bits per heavy atom. The van der Waals surface area contributed by atoms with Crippen molar-refractivity contribution in [1.82, 2.24) is 20.4 Å². The molecule has 2 aromatic carbocycles. The van der Waals surface area contributed by atoms with Gasteiger partial charge in [-0.05, 0) is 87.2 Å². The Balaban J connectivity index is 1.05. The Morgan fingerprint density at radius 1 is 0.971 bits per heavy atom. The Kier molecular flexibility index (Phi) is 7.37. The standard InChI is InChI=1S/C27H32FN5O2/c28-23-8-6-21(7-9-23)26-30-25(35-31-26)19-32-16-12-22(13-17-32)27(34)29-18-20-4-10-24(11-5-20)33-14-2-1-3-15-33/h4-11,22H,1-3,12-19H2,(H,29,34). The van der Waals surface area contributed by atoms with Crippen LogP contribution in [0.15, 0.2) is 53.1 Å². The number of amides is 1. The van der Waals surface area contributed by atoms with Crippen molar-refractivity contribution in [3.63, 3.8) is 0 Å². The molecule has 0 unspecified atom stereocenters. The molecule has 35 heavy (non-hydrogen) atoms. The summed E-state index contributed by atoms with van der Waals surface area (Å²) in [7, 11) is 0. The van der Waals surface area contributed by atoms with E-state index in [4.69, 9.17) is 4.52 Å². The quantitative estimate of drug-likeness (QED) is 0.544. The number of hydrogen-bond acceptors (Lipinski definition) is 6. The summed E-state index contributed by atoms with van der Waals surface area (Å²) in [5.74, 6) is 0.839. The monoisotopic (exact) mass is 477 g/mol. The van der Waals surface area contributed by atoms with Crippen LogP contribution in [0.1, 0.15) is 43.6 Å². The van der Waals surface area contributed by atoms with Gasteiger partial charge in [-0.15, -0.1) is 0 Å². The maximum absolute atomic E-state index is 13.1. The fourth-order valence-corrected chi connectivity index (χ4v) is 4.89. The van der Waals surface area contributed by atoms with E-state index < -0.39 is 0 Å². The molecule has 0 spiro atoms. The number of carbonyl (C=O) groups is 1. The Hall–Kier alpha value is -3.26. The highest BCUT2D eigenvalue weighted by atomic mass is 19.1. The molecule has 2 saturated heterocycles.